The number of nitrogens with zero attached hydrogens (tertiary/aromatic N) is 1. The number of hydrogen-bond acceptors (Lipinski definition) is 3. The van der Waals surface area contributed by atoms with Gasteiger partial charge in [-0.1, -0.05) is 30.3 Å². The van der Waals surface area contributed by atoms with E-state index in [0.717, 1.165) is 26.3 Å². The van der Waals surface area contributed by atoms with E-state index in [1.54, 1.807) is 0 Å². The summed E-state index contributed by atoms with van der Waals surface area (Å²) < 4.78 is 5.56. The Morgan fingerprint density at radius 3 is 2.81 bits per heavy atom. The third kappa shape index (κ3) is 3.47. The average Bonchev–Trinajstić information content (AvgIpc) is 2.95. The van der Waals surface area contributed by atoms with Crippen molar-refractivity contribution in [3.8, 4) is 0 Å². The molecular formula is C18H28N2O. The molecule has 2 aliphatic rings. The normalized spacial score (nSPS) is 34.8. The van der Waals surface area contributed by atoms with Crippen molar-refractivity contribution >= 4 is 0 Å². The third-order valence-corrected chi connectivity index (χ3v) is 5.15. The predicted octanol–water partition coefficient (Wildman–Crippen LogP) is 2.62. The zero-order valence-corrected chi connectivity index (χ0v) is 13.3. The van der Waals surface area contributed by atoms with Crippen molar-refractivity contribution in [1.29, 1.82) is 0 Å². The lowest BCUT2D eigenvalue weighted by molar-refractivity contribution is 0.131. The second-order valence-corrected chi connectivity index (χ2v) is 6.92. The van der Waals surface area contributed by atoms with Crippen molar-refractivity contribution in [3.05, 3.63) is 35.9 Å². The maximum atomic E-state index is 5.56. The lowest BCUT2D eigenvalue weighted by Gasteiger charge is -2.37. The van der Waals surface area contributed by atoms with E-state index < -0.39 is 0 Å². The quantitative estimate of drug-likeness (QED) is 0.925. The summed E-state index contributed by atoms with van der Waals surface area (Å²) in [6.45, 7) is 9.94. The predicted molar refractivity (Wildman–Crippen MR) is 86.4 cm³/mol. The molecule has 1 N–H and O–H groups in total. The van der Waals surface area contributed by atoms with E-state index in [9.17, 15) is 0 Å². The van der Waals surface area contributed by atoms with E-state index in [1.807, 2.05) is 0 Å². The van der Waals surface area contributed by atoms with Crippen LogP contribution in [0.3, 0.4) is 0 Å². The van der Waals surface area contributed by atoms with Crippen LogP contribution < -0.4 is 5.32 Å². The van der Waals surface area contributed by atoms with Crippen LogP contribution in [0.15, 0.2) is 30.3 Å². The van der Waals surface area contributed by atoms with Gasteiger partial charge in [-0.3, -0.25) is 4.90 Å². The molecule has 3 heteroatoms. The molecule has 21 heavy (non-hydrogen) atoms. The zero-order valence-electron chi connectivity index (χ0n) is 13.3. The smallest absolute Gasteiger partial charge is 0.0535 e. The summed E-state index contributed by atoms with van der Waals surface area (Å²) in [4.78, 5) is 2.67. The van der Waals surface area contributed by atoms with Crippen molar-refractivity contribution in [1.82, 2.24) is 10.2 Å². The minimum absolute atomic E-state index is 0.0471. The first-order chi connectivity index (χ1) is 10.2. The van der Waals surface area contributed by atoms with Crippen LogP contribution in [0.5, 0.6) is 0 Å². The van der Waals surface area contributed by atoms with Gasteiger partial charge < -0.3 is 10.1 Å². The van der Waals surface area contributed by atoms with Gasteiger partial charge in [0, 0.05) is 25.7 Å². The minimum Gasteiger partial charge on any atom is -0.381 e. The molecule has 1 aromatic rings. The average molecular weight is 288 g/mol. The molecule has 0 aliphatic carbocycles. The summed E-state index contributed by atoms with van der Waals surface area (Å²) in [6, 6.07) is 11.5. The Labute approximate surface area is 128 Å². The van der Waals surface area contributed by atoms with Crippen LogP contribution in [0, 0.1) is 5.92 Å². The molecule has 0 spiro atoms. The lowest BCUT2D eigenvalue weighted by Crippen LogP contribution is -2.48. The Kier molecular flexibility index (Phi) is 4.63. The largest absolute Gasteiger partial charge is 0.381 e. The van der Waals surface area contributed by atoms with E-state index >= 15 is 0 Å². The fourth-order valence-corrected chi connectivity index (χ4v) is 3.66. The third-order valence-electron chi connectivity index (χ3n) is 5.15. The second kappa shape index (κ2) is 6.47. The number of nitrogens with one attached hydrogen (secondary N) is 1. The van der Waals surface area contributed by atoms with Crippen molar-refractivity contribution in [2.24, 2.45) is 5.92 Å². The van der Waals surface area contributed by atoms with E-state index in [2.05, 4.69) is 54.4 Å². The van der Waals surface area contributed by atoms with Gasteiger partial charge in [0.25, 0.3) is 0 Å². The highest BCUT2D eigenvalue weighted by Gasteiger charge is 2.34. The Morgan fingerprint density at radius 1 is 1.29 bits per heavy atom. The van der Waals surface area contributed by atoms with Crippen LogP contribution in [0.1, 0.15) is 32.3 Å². The van der Waals surface area contributed by atoms with E-state index in [1.165, 1.54) is 24.9 Å². The number of benzene rings is 1. The molecule has 2 saturated heterocycles. The van der Waals surface area contributed by atoms with Gasteiger partial charge in [0.1, 0.15) is 0 Å². The summed E-state index contributed by atoms with van der Waals surface area (Å²) in [5.74, 6) is 0.713. The lowest BCUT2D eigenvalue weighted by atomic mass is 9.91. The second-order valence-electron chi connectivity index (χ2n) is 6.92. The molecule has 0 saturated carbocycles. The summed E-state index contributed by atoms with van der Waals surface area (Å²) in [6.07, 6.45) is 2.44. The Hall–Kier alpha value is -0.900. The molecule has 0 radical (unpaired) electrons. The maximum absolute atomic E-state index is 5.56. The van der Waals surface area contributed by atoms with Crippen LogP contribution >= 0.6 is 0 Å². The SMILES string of the molecule is CC1CCNC(C)(c2ccccc2)CN1CC1CCOC1. The van der Waals surface area contributed by atoms with Crippen LogP contribution in [-0.4, -0.2) is 43.8 Å². The van der Waals surface area contributed by atoms with Gasteiger partial charge in [0.2, 0.25) is 0 Å². The number of rotatable bonds is 3. The summed E-state index contributed by atoms with van der Waals surface area (Å²) in [7, 11) is 0. The molecule has 0 bridgehead atoms. The molecule has 2 heterocycles. The molecule has 3 atom stereocenters. The van der Waals surface area contributed by atoms with E-state index in [0.29, 0.717) is 12.0 Å². The molecular weight excluding hydrogens is 260 g/mol. The van der Waals surface area contributed by atoms with Crippen LogP contribution in [0.2, 0.25) is 0 Å². The molecule has 3 nitrogen and oxygen atoms in total. The highest BCUT2D eigenvalue weighted by molar-refractivity contribution is 5.24. The first-order valence-electron chi connectivity index (χ1n) is 8.30. The summed E-state index contributed by atoms with van der Waals surface area (Å²) >= 11 is 0. The molecule has 116 valence electrons. The van der Waals surface area contributed by atoms with Gasteiger partial charge in [0.05, 0.1) is 12.1 Å². The topological polar surface area (TPSA) is 24.5 Å². The van der Waals surface area contributed by atoms with Gasteiger partial charge in [0.15, 0.2) is 0 Å². The highest BCUT2D eigenvalue weighted by atomic mass is 16.5. The molecule has 0 amide bonds. The van der Waals surface area contributed by atoms with Crippen molar-refractivity contribution in [3.63, 3.8) is 0 Å². The Morgan fingerprint density at radius 2 is 2.10 bits per heavy atom. The Balaban J connectivity index is 1.76. The fourth-order valence-electron chi connectivity index (χ4n) is 3.66. The minimum atomic E-state index is 0.0471. The first-order valence-corrected chi connectivity index (χ1v) is 8.30. The molecule has 3 rings (SSSR count). The van der Waals surface area contributed by atoms with Crippen molar-refractivity contribution in [2.75, 3.05) is 32.8 Å². The van der Waals surface area contributed by atoms with E-state index in [4.69, 9.17) is 4.74 Å². The Bertz CT molecular complexity index is 444. The standard InChI is InChI=1S/C18H28N2O/c1-15-8-10-19-18(2,17-6-4-3-5-7-17)14-20(15)12-16-9-11-21-13-16/h3-7,15-16,19H,8-14H2,1-2H3. The molecule has 2 aliphatic heterocycles. The maximum Gasteiger partial charge on any atom is 0.0535 e. The monoisotopic (exact) mass is 288 g/mol. The first kappa shape index (κ1) is 15.0. The van der Waals surface area contributed by atoms with E-state index in [-0.39, 0.29) is 5.54 Å². The van der Waals surface area contributed by atoms with Crippen LogP contribution in [-0.2, 0) is 10.3 Å². The summed E-state index contributed by atoms with van der Waals surface area (Å²) in [5, 5.41) is 3.79. The van der Waals surface area contributed by atoms with Gasteiger partial charge in [-0.15, -0.1) is 0 Å². The zero-order chi connectivity index (χ0) is 14.7. The fraction of sp³-hybridized carbons (Fsp3) is 0.667. The highest BCUT2D eigenvalue weighted by Crippen LogP contribution is 2.27. The van der Waals surface area contributed by atoms with Crippen LogP contribution in [0.25, 0.3) is 0 Å². The molecule has 1 aromatic carbocycles. The number of ether oxygens (including phenoxy) is 1. The molecule has 3 unspecified atom stereocenters. The number of hydrogen-bond donors (Lipinski definition) is 1. The van der Waals surface area contributed by atoms with Crippen LogP contribution in [0.4, 0.5) is 0 Å². The molecule has 0 aromatic heterocycles. The van der Waals surface area contributed by atoms with Crippen molar-refractivity contribution < 1.29 is 4.74 Å². The van der Waals surface area contributed by atoms with Gasteiger partial charge >= 0.3 is 0 Å². The van der Waals surface area contributed by atoms with Gasteiger partial charge in [-0.05, 0) is 44.7 Å². The molecule has 2 fully saturated rings. The summed E-state index contributed by atoms with van der Waals surface area (Å²) in [5.41, 5.74) is 1.44. The van der Waals surface area contributed by atoms with Gasteiger partial charge in [-0.25, -0.2) is 0 Å². The van der Waals surface area contributed by atoms with Crippen molar-refractivity contribution in [2.45, 2.75) is 38.3 Å². The van der Waals surface area contributed by atoms with Gasteiger partial charge in [-0.2, -0.15) is 0 Å².